The lowest BCUT2D eigenvalue weighted by molar-refractivity contribution is 0.192. The van der Waals surface area contributed by atoms with Crippen LogP contribution in [0.4, 0.5) is 0 Å². The molecule has 1 aliphatic rings. The van der Waals surface area contributed by atoms with Gasteiger partial charge in [0.25, 0.3) is 0 Å². The second kappa shape index (κ2) is 4.60. The van der Waals surface area contributed by atoms with Crippen molar-refractivity contribution >= 4 is 11.8 Å². The zero-order valence-corrected chi connectivity index (χ0v) is 8.80. The van der Waals surface area contributed by atoms with Gasteiger partial charge in [-0.1, -0.05) is 6.07 Å². The van der Waals surface area contributed by atoms with Crippen molar-refractivity contribution < 1.29 is 9.84 Å². The number of thioether (sulfide) groups is 1. The number of aromatic hydroxyl groups is 1. The predicted octanol–water partition coefficient (Wildman–Crippen LogP) is 2.67. The fraction of sp³-hybridized carbons (Fsp3) is 0.455. The van der Waals surface area contributed by atoms with Crippen LogP contribution in [0.1, 0.15) is 12.8 Å². The maximum atomic E-state index is 9.26. The van der Waals surface area contributed by atoms with E-state index in [9.17, 15) is 5.11 Å². The van der Waals surface area contributed by atoms with Crippen LogP contribution in [0.2, 0.25) is 0 Å². The maximum absolute atomic E-state index is 9.26. The molecule has 1 heterocycles. The van der Waals surface area contributed by atoms with Crippen LogP contribution in [0.3, 0.4) is 0 Å². The van der Waals surface area contributed by atoms with Crippen LogP contribution in [-0.4, -0.2) is 22.7 Å². The van der Waals surface area contributed by atoms with E-state index >= 15 is 0 Å². The smallest absolute Gasteiger partial charge is 0.123 e. The predicted molar refractivity (Wildman–Crippen MR) is 59.1 cm³/mol. The normalized spacial score (nSPS) is 18.0. The van der Waals surface area contributed by atoms with Gasteiger partial charge >= 0.3 is 0 Å². The summed E-state index contributed by atoms with van der Waals surface area (Å²) in [6.07, 6.45) is 2.55. The lowest BCUT2D eigenvalue weighted by Gasteiger charge is -2.22. The minimum atomic E-state index is 0.271. The van der Waals surface area contributed by atoms with E-state index in [0.717, 1.165) is 18.6 Å². The topological polar surface area (TPSA) is 29.5 Å². The van der Waals surface area contributed by atoms with Gasteiger partial charge in [0.05, 0.1) is 0 Å². The standard InChI is InChI=1S/C11H14O2S/c12-9-2-1-3-11(8-9)13-10-4-6-14-7-5-10/h1-3,8,10,12H,4-7H2. The van der Waals surface area contributed by atoms with E-state index in [4.69, 9.17) is 4.74 Å². The van der Waals surface area contributed by atoms with Crippen LogP contribution < -0.4 is 4.74 Å². The van der Waals surface area contributed by atoms with Crippen molar-refractivity contribution in [2.24, 2.45) is 0 Å². The maximum Gasteiger partial charge on any atom is 0.123 e. The molecule has 0 aromatic heterocycles. The van der Waals surface area contributed by atoms with Crippen molar-refractivity contribution in [3.05, 3.63) is 24.3 Å². The molecule has 0 amide bonds. The molecule has 3 heteroatoms. The first kappa shape index (κ1) is 9.71. The first-order chi connectivity index (χ1) is 6.84. The summed E-state index contributed by atoms with van der Waals surface area (Å²) in [5.74, 6) is 3.42. The van der Waals surface area contributed by atoms with E-state index < -0.39 is 0 Å². The zero-order chi connectivity index (χ0) is 9.80. The highest BCUT2D eigenvalue weighted by molar-refractivity contribution is 7.99. The van der Waals surface area contributed by atoms with Gasteiger partial charge in [0, 0.05) is 6.07 Å². The third-order valence-corrected chi connectivity index (χ3v) is 3.34. The molecule has 14 heavy (non-hydrogen) atoms. The summed E-state index contributed by atoms with van der Waals surface area (Å²) in [4.78, 5) is 0. The van der Waals surface area contributed by atoms with Gasteiger partial charge in [-0.15, -0.1) is 0 Å². The Kier molecular flexibility index (Phi) is 3.19. The van der Waals surface area contributed by atoms with E-state index in [-0.39, 0.29) is 5.75 Å². The Labute approximate surface area is 88.3 Å². The van der Waals surface area contributed by atoms with Crippen LogP contribution in [0, 0.1) is 0 Å². The molecule has 76 valence electrons. The molecule has 0 spiro atoms. The highest BCUT2D eigenvalue weighted by atomic mass is 32.2. The number of hydrogen-bond donors (Lipinski definition) is 1. The molecule has 1 N–H and O–H groups in total. The van der Waals surface area contributed by atoms with E-state index in [1.165, 1.54) is 11.5 Å². The van der Waals surface area contributed by atoms with Crippen LogP contribution in [0.25, 0.3) is 0 Å². The van der Waals surface area contributed by atoms with Gasteiger partial charge in [-0.3, -0.25) is 0 Å². The number of rotatable bonds is 2. The molecule has 0 aliphatic carbocycles. The number of benzene rings is 1. The molecular weight excluding hydrogens is 196 g/mol. The van der Waals surface area contributed by atoms with Gasteiger partial charge in [0.1, 0.15) is 17.6 Å². The fourth-order valence-electron chi connectivity index (χ4n) is 1.54. The highest BCUT2D eigenvalue weighted by Gasteiger charge is 2.14. The van der Waals surface area contributed by atoms with E-state index in [1.54, 1.807) is 12.1 Å². The van der Waals surface area contributed by atoms with E-state index in [0.29, 0.717) is 6.10 Å². The second-order valence-electron chi connectivity index (χ2n) is 3.43. The van der Waals surface area contributed by atoms with E-state index in [1.807, 2.05) is 23.9 Å². The van der Waals surface area contributed by atoms with Crippen molar-refractivity contribution in [1.82, 2.24) is 0 Å². The van der Waals surface area contributed by atoms with Crippen molar-refractivity contribution in [1.29, 1.82) is 0 Å². The minimum Gasteiger partial charge on any atom is -0.508 e. The average molecular weight is 210 g/mol. The monoisotopic (exact) mass is 210 g/mol. The first-order valence-corrected chi connectivity index (χ1v) is 6.03. The first-order valence-electron chi connectivity index (χ1n) is 4.88. The van der Waals surface area contributed by atoms with Gasteiger partial charge in [-0.2, -0.15) is 11.8 Å². The molecule has 2 rings (SSSR count). The molecular formula is C11H14O2S. The highest BCUT2D eigenvalue weighted by Crippen LogP contribution is 2.24. The third-order valence-electron chi connectivity index (χ3n) is 2.29. The lowest BCUT2D eigenvalue weighted by Crippen LogP contribution is -2.21. The Morgan fingerprint density at radius 2 is 2.07 bits per heavy atom. The molecule has 1 aromatic rings. The number of ether oxygens (including phenoxy) is 1. The Hall–Kier alpha value is -0.830. The van der Waals surface area contributed by atoms with Gasteiger partial charge in [0.15, 0.2) is 0 Å². The molecule has 0 radical (unpaired) electrons. The summed E-state index contributed by atoms with van der Waals surface area (Å²) in [6.45, 7) is 0. The average Bonchev–Trinajstić information content (AvgIpc) is 2.19. The Morgan fingerprint density at radius 1 is 1.29 bits per heavy atom. The van der Waals surface area contributed by atoms with Crippen molar-refractivity contribution in [3.63, 3.8) is 0 Å². The molecule has 2 nitrogen and oxygen atoms in total. The minimum absolute atomic E-state index is 0.271. The van der Waals surface area contributed by atoms with Crippen LogP contribution in [0.5, 0.6) is 11.5 Å². The number of hydrogen-bond acceptors (Lipinski definition) is 3. The SMILES string of the molecule is Oc1cccc(OC2CCSCC2)c1. The molecule has 1 aliphatic heterocycles. The zero-order valence-electron chi connectivity index (χ0n) is 7.98. The molecule has 0 bridgehead atoms. The van der Waals surface area contributed by atoms with Gasteiger partial charge in [-0.25, -0.2) is 0 Å². The molecule has 1 fully saturated rings. The summed E-state index contributed by atoms with van der Waals surface area (Å²) in [5, 5.41) is 9.26. The largest absolute Gasteiger partial charge is 0.508 e. The summed E-state index contributed by atoms with van der Waals surface area (Å²) < 4.78 is 5.76. The summed E-state index contributed by atoms with van der Waals surface area (Å²) >= 11 is 1.98. The van der Waals surface area contributed by atoms with Crippen LogP contribution in [-0.2, 0) is 0 Å². The molecule has 1 aromatic carbocycles. The second-order valence-corrected chi connectivity index (χ2v) is 4.65. The third kappa shape index (κ3) is 2.58. The molecule has 0 unspecified atom stereocenters. The quantitative estimate of drug-likeness (QED) is 0.813. The number of phenolic OH excluding ortho intramolecular Hbond substituents is 1. The van der Waals surface area contributed by atoms with E-state index in [2.05, 4.69) is 0 Å². The molecule has 1 saturated heterocycles. The van der Waals surface area contributed by atoms with Crippen LogP contribution in [0.15, 0.2) is 24.3 Å². The Morgan fingerprint density at radius 3 is 2.79 bits per heavy atom. The van der Waals surface area contributed by atoms with Gasteiger partial charge in [-0.05, 0) is 36.5 Å². The Bertz CT molecular complexity index is 295. The van der Waals surface area contributed by atoms with Crippen molar-refractivity contribution in [2.45, 2.75) is 18.9 Å². The summed E-state index contributed by atoms with van der Waals surface area (Å²) in [5.41, 5.74) is 0. The fourth-order valence-corrected chi connectivity index (χ4v) is 2.61. The van der Waals surface area contributed by atoms with Gasteiger partial charge in [0.2, 0.25) is 0 Å². The number of phenols is 1. The molecule has 0 atom stereocenters. The lowest BCUT2D eigenvalue weighted by atomic mass is 10.2. The molecule has 0 saturated carbocycles. The van der Waals surface area contributed by atoms with Crippen molar-refractivity contribution in [3.8, 4) is 11.5 Å². The Balaban J connectivity index is 1.95. The summed E-state index contributed by atoms with van der Waals surface area (Å²) in [7, 11) is 0. The van der Waals surface area contributed by atoms with Gasteiger partial charge < -0.3 is 9.84 Å². The summed E-state index contributed by atoms with van der Waals surface area (Å²) in [6, 6.07) is 7.02. The van der Waals surface area contributed by atoms with Crippen molar-refractivity contribution in [2.75, 3.05) is 11.5 Å². The van der Waals surface area contributed by atoms with Crippen LogP contribution >= 0.6 is 11.8 Å².